The maximum absolute atomic E-state index is 5.22. The van der Waals surface area contributed by atoms with Crippen LogP contribution in [0.1, 0.15) is 0 Å². The molecule has 0 aromatic carbocycles. The van der Waals surface area contributed by atoms with E-state index >= 15 is 0 Å². The molecular formula is C16H23N7O2. The fourth-order valence-corrected chi connectivity index (χ4v) is 2.61. The lowest BCUT2D eigenvalue weighted by Gasteiger charge is -2.35. The lowest BCUT2D eigenvalue weighted by molar-refractivity contribution is 0.371. The van der Waals surface area contributed by atoms with E-state index in [-0.39, 0.29) is 0 Å². The Labute approximate surface area is 147 Å². The van der Waals surface area contributed by atoms with Crippen LogP contribution < -0.4 is 24.2 Å². The summed E-state index contributed by atoms with van der Waals surface area (Å²) in [6, 6.07) is 3.61. The van der Waals surface area contributed by atoms with Crippen molar-refractivity contribution >= 4 is 17.7 Å². The molecule has 0 radical (unpaired) electrons. The van der Waals surface area contributed by atoms with Crippen molar-refractivity contribution in [2.45, 2.75) is 0 Å². The average molecular weight is 345 g/mol. The van der Waals surface area contributed by atoms with Gasteiger partial charge in [-0.1, -0.05) is 0 Å². The number of aromatic nitrogens is 4. The summed E-state index contributed by atoms with van der Waals surface area (Å²) in [6.07, 6.45) is 1.79. The van der Waals surface area contributed by atoms with Gasteiger partial charge in [-0.05, 0) is 6.07 Å². The van der Waals surface area contributed by atoms with Crippen LogP contribution in [0.3, 0.4) is 0 Å². The average Bonchev–Trinajstić information content (AvgIpc) is 2.67. The Bertz CT molecular complexity index is 695. The lowest BCUT2D eigenvalue weighted by atomic mass is 10.3. The fourth-order valence-electron chi connectivity index (χ4n) is 2.61. The van der Waals surface area contributed by atoms with Crippen LogP contribution in [0.25, 0.3) is 0 Å². The highest BCUT2D eigenvalue weighted by Crippen LogP contribution is 2.22. The Hall–Kier alpha value is -2.84. The molecule has 9 nitrogen and oxygen atoms in total. The minimum Gasteiger partial charge on any atom is -0.481 e. The molecule has 0 atom stereocenters. The highest BCUT2D eigenvalue weighted by Gasteiger charge is 2.21. The fraction of sp³-hybridized carbons (Fsp3) is 0.500. The van der Waals surface area contributed by atoms with Crippen molar-refractivity contribution in [1.82, 2.24) is 19.9 Å². The van der Waals surface area contributed by atoms with Crippen LogP contribution in [-0.2, 0) is 0 Å². The summed E-state index contributed by atoms with van der Waals surface area (Å²) in [5.41, 5.74) is 0. The van der Waals surface area contributed by atoms with Gasteiger partial charge >= 0.3 is 0 Å². The van der Waals surface area contributed by atoms with E-state index in [4.69, 9.17) is 9.47 Å². The van der Waals surface area contributed by atoms with E-state index in [9.17, 15) is 0 Å². The van der Waals surface area contributed by atoms with Crippen LogP contribution in [0.2, 0.25) is 0 Å². The molecule has 1 aliphatic heterocycles. The number of rotatable bonds is 5. The van der Waals surface area contributed by atoms with E-state index in [1.807, 2.05) is 25.1 Å². The third-order valence-electron chi connectivity index (χ3n) is 4.00. The van der Waals surface area contributed by atoms with Crippen molar-refractivity contribution in [3.05, 3.63) is 18.3 Å². The highest BCUT2D eigenvalue weighted by atomic mass is 16.5. The first-order valence-corrected chi connectivity index (χ1v) is 8.08. The summed E-state index contributed by atoms with van der Waals surface area (Å²) >= 11 is 0. The van der Waals surface area contributed by atoms with Crippen LogP contribution in [0.15, 0.2) is 18.3 Å². The molecule has 9 heteroatoms. The summed E-state index contributed by atoms with van der Waals surface area (Å²) in [5.74, 6) is 3.25. The summed E-state index contributed by atoms with van der Waals surface area (Å²) in [7, 11) is 7.04. The maximum atomic E-state index is 5.22. The Morgan fingerprint density at radius 2 is 1.52 bits per heavy atom. The van der Waals surface area contributed by atoms with E-state index in [0.717, 1.165) is 32.0 Å². The van der Waals surface area contributed by atoms with Gasteiger partial charge in [-0.25, -0.2) is 4.98 Å². The molecule has 1 aliphatic rings. The number of hydrogen-bond donors (Lipinski definition) is 0. The Kier molecular flexibility index (Phi) is 5.01. The summed E-state index contributed by atoms with van der Waals surface area (Å²) in [4.78, 5) is 24.0. The van der Waals surface area contributed by atoms with E-state index in [1.165, 1.54) is 0 Å². The number of anilines is 3. The number of hydrogen-bond acceptors (Lipinski definition) is 9. The number of piperazine rings is 1. The molecule has 2 aromatic heterocycles. The maximum Gasteiger partial charge on any atom is 0.232 e. The lowest BCUT2D eigenvalue weighted by Crippen LogP contribution is -2.47. The first-order valence-electron chi connectivity index (χ1n) is 8.08. The molecule has 0 N–H and O–H groups in total. The SMILES string of the molecule is COc1cc(OC)nc(N2CCN(c3ccnc(N(C)C)n3)CC2)n1. The Morgan fingerprint density at radius 1 is 0.920 bits per heavy atom. The first-order chi connectivity index (χ1) is 12.1. The topological polar surface area (TPSA) is 79.7 Å². The third kappa shape index (κ3) is 3.81. The van der Waals surface area contributed by atoms with Crippen LogP contribution >= 0.6 is 0 Å². The minimum absolute atomic E-state index is 0.496. The molecule has 2 aromatic rings. The molecule has 0 amide bonds. The van der Waals surface area contributed by atoms with E-state index in [2.05, 4.69) is 29.7 Å². The standard InChI is InChI=1S/C16H23N7O2/c1-21(2)15-17-6-5-12(18-15)22-7-9-23(10-8-22)16-19-13(24-3)11-14(20-16)25-4/h5-6,11H,7-10H2,1-4H3. The van der Waals surface area contributed by atoms with Gasteiger partial charge in [-0.2, -0.15) is 15.0 Å². The molecule has 3 rings (SSSR count). The van der Waals surface area contributed by atoms with Gasteiger partial charge in [0.1, 0.15) is 5.82 Å². The smallest absolute Gasteiger partial charge is 0.232 e. The molecular weight excluding hydrogens is 322 g/mol. The monoisotopic (exact) mass is 345 g/mol. The summed E-state index contributed by atoms with van der Waals surface area (Å²) < 4.78 is 10.4. The predicted octanol–water partition coefficient (Wildman–Crippen LogP) is 0.676. The van der Waals surface area contributed by atoms with Gasteiger partial charge in [0.2, 0.25) is 23.7 Å². The van der Waals surface area contributed by atoms with E-state index < -0.39 is 0 Å². The summed E-state index contributed by atoms with van der Waals surface area (Å²) in [6.45, 7) is 3.23. The molecule has 0 spiro atoms. The number of methoxy groups -OCH3 is 2. The Morgan fingerprint density at radius 3 is 2.08 bits per heavy atom. The van der Waals surface area contributed by atoms with Gasteiger partial charge in [-0.3, -0.25) is 0 Å². The van der Waals surface area contributed by atoms with Crippen molar-refractivity contribution in [3.63, 3.8) is 0 Å². The zero-order valence-electron chi connectivity index (χ0n) is 15.0. The third-order valence-corrected chi connectivity index (χ3v) is 4.00. The first kappa shape index (κ1) is 17.0. The van der Waals surface area contributed by atoms with Gasteiger partial charge in [-0.15, -0.1) is 0 Å². The number of ether oxygens (including phenoxy) is 2. The molecule has 1 saturated heterocycles. The summed E-state index contributed by atoms with van der Waals surface area (Å²) in [5, 5.41) is 0. The van der Waals surface area contributed by atoms with Crippen LogP contribution in [0, 0.1) is 0 Å². The van der Waals surface area contributed by atoms with Crippen LogP contribution in [-0.4, -0.2) is 74.4 Å². The second-order valence-electron chi connectivity index (χ2n) is 5.84. The van der Waals surface area contributed by atoms with Crippen LogP contribution in [0.5, 0.6) is 11.8 Å². The second-order valence-corrected chi connectivity index (χ2v) is 5.84. The quantitative estimate of drug-likeness (QED) is 0.777. The zero-order valence-corrected chi connectivity index (χ0v) is 15.0. The molecule has 0 bridgehead atoms. The molecule has 0 aliphatic carbocycles. The highest BCUT2D eigenvalue weighted by molar-refractivity contribution is 5.46. The molecule has 0 unspecified atom stereocenters. The van der Waals surface area contributed by atoms with Crippen molar-refractivity contribution in [3.8, 4) is 11.8 Å². The van der Waals surface area contributed by atoms with E-state index in [0.29, 0.717) is 23.7 Å². The van der Waals surface area contributed by atoms with Gasteiger partial charge in [0.05, 0.1) is 20.3 Å². The minimum atomic E-state index is 0.496. The van der Waals surface area contributed by atoms with Crippen molar-refractivity contribution < 1.29 is 9.47 Å². The molecule has 1 fully saturated rings. The zero-order chi connectivity index (χ0) is 17.8. The van der Waals surface area contributed by atoms with Crippen LogP contribution in [0.4, 0.5) is 17.7 Å². The van der Waals surface area contributed by atoms with Crippen molar-refractivity contribution in [2.75, 3.05) is 69.2 Å². The van der Waals surface area contributed by atoms with Gasteiger partial charge in [0, 0.05) is 46.5 Å². The largest absolute Gasteiger partial charge is 0.481 e. The van der Waals surface area contributed by atoms with E-state index in [1.54, 1.807) is 26.5 Å². The predicted molar refractivity (Wildman–Crippen MR) is 95.9 cm³/mol. The van der Waals surface area contributed by atoms with Gasteiger partial charge in [0.15, 0.2) is 0 Å². The van der Waals surface area contributed by atoms with Gasteiger partial charge in [0.25, 0.3) is 0 Å². The van der Waals surface area contributed by atoms with Crippen molar-refractivity contribution in [2.24, 2.45) is 0 Å². The normalized spacial score (nSPS) is 14.4. The Balaban J connectivity index is 1.71. The molecule has 25 heavy (non-hydrogen) atoms. The molecule has 3 heterocycles. The molecule has 0 saturated carbocycles. The van der Waals surface area contributed by atoms with Gasteiger partial charge < -0.3 is 24.2 Å². The van der Waals surface area contributed by atoms with Crippen molar-refractivity contribution in [1.29, 1.82) is 0 Å². The second kappa shape index (κ2) is 7.37. The number of nitrogens with zero attached hydrogens (tertiary/aromatic N) is 7. The molecule has 134 valence electrons.